The normalized spacial score (nSPS) is 22.3. The van der Waals surface area contributed by atoms with Crippen LogP contribution in [-0.4, -0.2) is 23.8 Å². The third kappa shape index (κ3) is 5.38. The number of esters is 2. The lowest BCUT2D eigenvalue weighted by Gasteiger charge is -2.37. The van der Waals surface area contributed by atoms with Crippen molar-refractivity contribution in [3.8, 4) is 5.75 Å². The van der Waals surface area contributed by atoms with E-state index in [-0.39, 0.29) is 23.8 Å². The Hall–Kier alpha value is -3.67. The number of nitrogens with one attached hydrogen (secondary N) is 1. The number of benzene rings is 2. The summed E-state index contributed by atoms with van der Waals surface area (Å²) < 4.78 is 11.2. The quantitative estimate of drug-likeness (QED) is 0.411. The SMILES string of the molecule is CC(=O)Oc1ccc([C@H]2C(C(=O)OC3CCCCC3)=C(C)NC3=C2C(=O)C[C@H](c2ccccc2)C3)cc1. The lowest BCUT2D eigenvalue weighted by atomic mass is 9.71. The van der Waals surface area contributed by atoms with Crippen LogP contribution in [0, 0.1) is 0 Å². The van der Waals surface area contributed by atoms with Crippen LogP contribution in [0.3, 0.4) is 0 Å². The number of carbonyl (C=O) groups excluding carboxylic acids is 3. The van der Waals surface area contributed by atoms with Gasteiger partial charge in [0.1, 0.15) is 11.9 Å². The number of hydrogen-bond donors (Lipinski definition) is 1. The van der Waals surface area contributed by atoms with Crippen LogP contribution in [0.15, 0.2) is 77.1 Å². The Kier molecular flexibility index (Phi) is 7.26. The van der Waals surface area contributed by atoms with Gasteiger partial charge in [0.25, 0.3) is 0 Å². The molecule has 37 heavy (non-hydrogen) atoms. The standard InChI is InChI=1S/C31H33NO5/c1-19-28(31(35)37-24-11-7-4-8-12-24)29(22-13-15-25(16-14-22)36-20(2)33)30-26(32-19)17-23(18-27(30)34)21-9-5-3-6-10-21/h3,5-6,9-10,13-16,23-24,29,32H,4,7-8,11-12,17-18H2,1-2H3/t23-,29+/m1/s1. The van der Waals surface area contributed by atoms with Gasteiger partial charge < -0.3 is 14.8 Å². The molecule has 1 N–H and O–H groups in total. The second-order valence-electron chi connectivity index (χ2n) is 10.3. The smallest absolute Gasteiger partial charge is 0.337 e. The zero-order chi connectivity index (χ0) is 25.9. The average Bonchev–Trinajstić information content (AvgIpc) is 2.89. The maximum atomic E-state index is 13.7. The Morgan fingerprint density at radius 1 is 0.892 bits per heavy atom. The minimum absolute atomic E-state index is 0.0344. The van der Waals surface area contributed by atoms with Crippen LogP contribution in [0.1, 0.15) is 81.8 Å². The monoisotopic (exact) mass is 499 g/mol. The van der Waals surface area contributed by atoms with Crippen molar-refractivity contribution in [2.75, 3.05) is 0 Å². The molecule has 0 aromatic heterocycles. The maximum Gasteiger partial charge on any atom is 0.337 e. The number of rotatable bonds is 5. The predicted molar refractivity (Wildman–Crippen MR) is 140 cm³/mol. The van der Waals surface area contributed by atoms with Crippen LogP contribution in [0.4, 0.5) is 0 Å². The van der Waals surface area contributed by atoms with Gasteiger partial charge in [-0.2, -0.15) is 0 Å². The van der Waals surface area contributed by atoms with Gasteiger partial charge in [0.2, 0.25) is 0 Å². The van der Waals surface area contributed by atoms with Gasteiger partial charge >= 0.3 is 11.9 Å². The fourth-order valence-corrected chi connectivity index (χ4v) is 5.90. The van der Waals surface area contributed by atoms with Gasteiger partial charge in [0, 0.05) is 36.2 Å². The first-order valence-electron chi connectivity index (χ1n) is 13.2. The first-order chi connectivity index (χ1) is 17.9. The number of carbonyl (C=O) groups is 3. The van der Waals surface area contributed by atoms with Crippen LogP contribution in [0.5, 0.6) is 5.75 Å². The van der Waals surface area contributed by atoms with E-state index in [1.807, 2.05) is 37.3 Å². The molecule has 1 heterocycles. The minimum Gasteiger partial charge on any atom is -0.459 e. The Labute approximate surface area is 217 Å². The van der Waals surface area contributed by atoms with Gasteiger partial charge in [-0.15, -0.1) is 0 Å². The molecule has 1 aliphatic heterocycles. The number of Topliss-reactive ketones (excluding diaryl/α,β-unsaturated/α-hetero) is 1. The molecule has 5 rings (SSSR count). The summed E-state index contributed by atoms with van der Waals surface area (Å²) in [5.74, 6) is -0.770. The molecule has 6 heteroatoms. The zero-order valence-corrected chi connectivity index (χ0v) is 21.4. The van der Waals surface area contributed by atoms with E-state index in [4.69, 9.17) is 9.47 Å². The van der Waals surface area contributed by atoms with Crippen LogP contribution < -0.4 is 10.1 Å². The van der Waals surface area contributed by atoms with E-state index in [0.717, 1.165) is 48.2 Å². The van der Waals surface area contributed by atoms with Gasteiger partial charge in [-0.3, -0.25) is 9.59 Å². The fourth-order valence-electron chi connectivity index (χ4n) is 5.90. The van der Waals surface area contributed by atoms with Crippen molar-refractivity contribution in [1.29, 1.82) is 0 Å². The molecule has 0 radical (unpaired) electrons. The number of ketones is 1. The minimum atomic E-state index is -0.539. The maximum absolute atomic E-state index is 13.7. The largest absolute Gasteiger partial charge is 0.459 e. The van der Waals surface area contributed by atoms with E-state index in [0.29, 0.717) is 29.7 Å². The molecule has 192 valence electrons. The van der Waals surface area contributed by atoms with Gasteiger partial charge in [0.05, 0.1) is 5.57 Å². The third-order valence-corrected chi connectivity index (χ3v) is 7.62. The Balaban J connectivity index is 1.52. The van der Waals surface area contributed by atoms with Crippen molar-refractivity contribution >= 4 is 17.7 Å². The van der Waals surface area contributed by atoms with Crippen LogP contribution in [-0.2, 0) is 19.1 Å². The van der Waals surface area contributed by atoms with E-state index in [2.05, 4.69) is 17.4 Å². The summed E-state index contributed by atoms with van der Waals surface area (Å²) in [6, 6.07) is 17.2. The molecule has 6 nitrogen and oxygen atoms in total. The Morgan fingerprint density at radius 3 is 2.27 bits per heavy atom. The lowest BCUT2D eigenvalue weighted by molar-refractivity contribution is -0.146. The van der Waals surface area contributed by atoms with Gasteiger partial charge in [-0.05, 0) is 68.2 Å². The molecular formula is C31H33NO5. The second-order valence-corrected chi connectivity index (χ2v) is 10.3. The highest BCUT2D eigenvalue weighted by Crippen LogP contribution is 2.46. The summed E-state index contributed by atoms with van der Waals surface area (Å²) in [5.41, 5.74) is 4.63. The molecular weight excluding hydrogens is 466 g/mol. The second kappa shape index (κ2) is 10.8. The summed E-state index contributed by atoms with van der Waals surface area (Å²) >= 11 is 0. The van der Waals surface area contributed by atoms with E-state index < -0.39 is 11.9 Å². The van der Waals surface area contributed by atoms with Crippen molar-refractivity contribution < 1.29 is 23.9 Å². The van der Waals surface area contributed by atoms with E-state index in [1.165, 1.54) is 13.3 Å². The number of dihydropyridines is 1. The fraction of sp³-hybridized carbons (Fsp3) is 0.387. The Morgan fingerprint density at radius 2 is 1.59 bits per heavy atom. The van der Waals surface area contributed by atoms with Crippen molar-refractivity contribution in [2.24, 2.45) is 0 Å². The van der Waals surface area contributed by atoms with E-state index in [9.17, 15) is 14.4 Å². The van der Waals surface area contributed by atoms with Crippen LogP contribution in [0.2, 0.25) is 0 Å². The number of ether oxygens (including phenoxy) is 2. The lowest BCUT2D eigenvalue weighted by Crippen LogP contribution is -2.37. The first kappa shape index (κ1) is 25.0. The van der Waals surface area contributed by atoms with Crippen LogP contribution in [0.25, 0.3) is 0 Å². The molecule has 0 bridgehead atoms. The summed E-state index contributed by atoms with van der Waals surface area (Å²) in [5, 5.41) is 3.42. The highest BCUT2D eigenvalue weighted by Gasteiger charge is 2.42. The molecule has 1 fully saturated rings. The molecule has 0 saturated heterocycles. The van der Waals surface area contributed by atoms with Crippen molar-refractivity contribution in [2.45, 2.75) is 76.7 Å². The van der Waals surface area contributed by atoms with Gasteiger partial charge in [0.15, 0.2) is 5.78 Å². The molecule has 2 aromatic rings. The summed E-state index contributed by atoms with van der Waals surface area (Å²) in [6.07, 6.45) is 6.02. The molecule has 2 aromatic carbocycles. The Bertz CT molecular complexity index is 1250. The van der Waals surface area contributed by atoms with Gasteiger partial charge in [-0.1, -0.05) is 48.9 Å². The molecule has 3 aliphatic rings. The zero-order valence-electron chi connectivity index (χ0n) is 21.4. The highest BCUT2D eigenvalue weighted by atomic mass is 16.5. The molecule has 0 spiro atoms. The average molecular weight is 500 g/mol. The molecule has 2 aliphatic carbocycles. The number of allylic oxidation sites excluding steroid dienone is 3. The molecule has 1 saturated carbocycles. The van der Waals surface area contributed by atoms with Crippen LogP contribution >= 0.6 is 0 Å². The van der Waals surface area contributed by atoms with E-state index >= 15 is 0 Å². The van der Waals surface area contributed by atoms with Crippen molar-refractivity contribution in [3.63, 3.8) is 0 Å². The predicted octanol–water partition coefficient (Wildman–Crippen LogP) is 5.85. The third-order valence-electron chi connectivity index (χ3n) is 7.62. The van der Waals surface area contributed by atoms with E-state index in [1.54, 1.807) is 12.1 Å². The molecule has 2 atom stereocenters. The van der Waals surface area contributed by atoms with Crippen molar-refractivity contribution in [3.05, 3.63) is 88.3 Å². The highest BCUT2D eigenvalue weighted by molar-refractivity contribution is 6.04. The molecule has 0 amide bonds. The first-order valence-corrected chi connectivity index (χ1v) is 13.2. The summed E-state index contributed by atoms with van der Waals surface area (Å²) in [4.78, 5) is 38.7. The number of hydrogen-bond acceptors (Lipinski definition) is 6. The van der Waals surface area contributed by atoms with Gasteiger partial charge in [-0.25, -0.2) is 4.79 Å². The summed E-state index contributed by atoms with van der Waals surface area (Å²) in [6.45, 7) is 3.24. The summed E-state index contributed by atoms with van der Waals surface area (Å²) in [7, 11) is 0. The topological polar surface area (TPSA) is 81.7 Å². The van der Waals surface area contributed by atoms with Crippen molar-refractivity contribution in [1.82, 2.24) is 5.32 Å². The molecule has 0 unspecified atom stereocenters.